The Morgan fingerprint density at radius 2 is 1.94 bits per heavy atom. The maximum Gasteiger partial charge on any atom is 0.130 e. The second-order valence-corrected chi connectivity index (χ2v) is 5.75. The van der Waals surface area contributed by atoms with Gasteiger partial charge < -0.3 is 0 Å². The average Bonchev–Trinajstić information content (AvgIpc) is 2.27. The first-order valence-corrected chi connectivity index (χ1v) is 6.69. The molecule has 2 rings (SSSR count). The van der Waals surface area contributed by atoms with Gasteiger partial charge in [-0.05, 0) is 42.8 Å². The number of aromatic nitrogens is 1. The molecule has 0 atom stereocenters. The summed E-state index contributed by atoms with van der Waals surface area (Å²) in [5.74, 6) is 0. The number of halogens is 2. The van der Waals surface area contributed by atoms with E-state index in [1.54, 1.807) is 18.0 Å². The largest absolute Gasteiger partial charge is 0.244 e. The van der Waals surface area contributed by atoms with Crippen LogP contribution in [0.15, 0.2) is 50.8 Å². The van der Waals surface area contributed by atoms with E-state index in [9.17, 15) is 0 Å². The van der Waals surface area contributed by atoms with Crippen molar-refractivity contribution in [2.45, 2.75) is 16.7 Å². The first kappa shape index (κ1) is 12.0. The van der Waals surface area contributed by atoms with E-state index in [0.29, 0.717) is 5.15 Å². The number of hydrogen-bond acceptors (Lipinski definition) is 2. The van der Waals surface area contributed by atoms with Gasteiger partial charge in [0.1, 0.15) is 5.15 Å². The van der Waals surface area contributed by atoms with Crippen molar-refractivity contribution in [1.29, 1.82) is 0 Å². The molecule has 1 aromatic heterocycles. The van der Waals surface area contributed by atoms with E-state index in [1.165, 1.54) is 4.90 Å². The van der Waals surface area contributed by atoms with Gasteiger partial charge in [0, 0.05) is 20.5 Å². The van der Waals surface area contributed by atoms with E-state index in [0.717, 1.165) is 14.9 Å². The van der Waals surface area contributed by atoms with Crippen LogP contribution in [0.1, 0.15) is 5.56 Å². The lowest BCUT2D eigenvalue weighted by Crippen LogP contribution is -1.83. The third-order valence-electron chi connectivity index (χ3n) is 2.06. The van der Waals surface area contributed by atoms with Crippen LogP contribution in [0.5, 0.6) is 0 Å². The molecule has 82 valence electrons. The molecule has 0 aliphatic rings. The summed E-state index contributed by atoms with van der Waals surface area (Å²) in [6.07, 6.45) is 1.80. The predicted octanol–water partition coefficient (Wildman–Crippen LogP) is 4.96. The number of aryl methyl sites for hydroxylation is 1. The Bertz CT molecular complexity index is 499. The van der Waals surface area contributed by atoms with Crippen molar-refractivity contribution in [1.82, 2.24) is 4.98 Å². The summed E-state index contributed by atoms with van der Waals surface area (Å²) in [5.41, 5.74) is 1.14. The van der Waals surface area contributed by atoms with Crippen LogP contribution in [-0.2, 0) is 0 Å². The average molecular weight is 315 g/mol. The maximum absolute atomic E-state index is 5.88. The highest BCUT2D eigenvalue weighted by molar-refractivity contribution is 9.10. The monoisotopic (exact) mass is 313 g/mol. The molecule has 1 nitrogen and oxygen atoms in total. The van der Waals surface area contributed by atoms with E-state index >= 15 is 0 Å². The van der Waals surface area contributed by atoms with Crippen LogP contribution >= 0.6 is 39.3 Å². The van der Waals surface area contributed by atoms with Crippen molar-refractivity contribution >= 4 is 39.3 Å². The summed E-state index contributed by atoms with van der Waals surface area (Å²) in [7, 11) is 0. The van der Waals surface area contributed by atoms with Crippen LogP contribution in [0, 0.1) is 6.92 Å². The van der Waals surface area contributed by atoms with E-state index in [4.69, 9.17) is 11.6 Å². The molecule has 0 unspecified atom stereocenters. The fourth-order valence-corrected chi connectivity index (χ4v) is 2.62. The van der Waals surface area contributed by atoms with Gasteiger partial charge in [0.2, 0.25) is 0 Å². The number of rotatable bonds is 2. The van der Waals surface area contributed by atoms with Crippen molar-refractivity contribution in [3.05, 3.63) is 51.7 Å². The van der Waals surface area contributed by atoms with Gasteiger partial charge in [-0.15, -0.1) is 0 Å². The fourth-order valence-electron chi connectivity index (χ4n) is 1.22. The minimum Gasteiger partial charge on any atom is -0.244 e. The molecule has 4 heteroatoms. The lowest BCUT2D eigenvalue weighted by Gasteiger charge is -2.05. The Labute approximate surface area is 112 Å². The molecule has 2 aromatic rings. The minimum absolute atomic E-state index is 0.533. The quantitative estimate of drug-likeness (QED) is 0.727. The zero-order chi connectivity index (χ0) is 11.5. The summed E-state index contributed by atoms with van der Waals surface area (Å²) >= 11 is 11.0. The Morgan fingerprint density at radius 3 is 2.62 bits per heavy atom. The SMILES string of the molecule is Cc1cnc(Cl)cc1Sc1ccc(Br)cc1. The van der Waals surface area contributed by atoms with Crippen LogP contribution in [0.4, 0.5) is 0 Å². The molecule has 16 heavy (non-hydrogen) atoms. The molecular formula is C12H9BrClNS. The van der Waals surface area contributed by atoms with Crippen LogP contribution in [0.3, 0.4) is 0 Å². The summed E-state index contributed by atoms with van der Waals surface area (Å²) in [4.78, 5) is 6.37. The van der Waals surface area contributed by atoms with Crippen LogP contribution < -0.4 is 0 Å². The maximum atomic E-state index is 5.88. The Kier molecular flexibility index (Phi) is 3.90. The van der Waals surface area contributed by atoms with Crippen molar-refractivity contribution in [2.75, 3.05) is 0 Å². The topological polar surface area (TPSA) is 12.9 Å². The number of nitrogens with zero attached hydrogens (tertiary/aromatic N) is 1. The van der Waals surface area contributed by atoms with Crippen LogP contribution in [-0.4, -0.2) is 4.98 Å². The second-order valence-electron chi connectivity index (χ2n) is 3.33. The highest BCUT2D eigenvalue weighted by atomic mass is 79.9. The van der Waals surface area contributed by atoms with Gasteiger partial charge in [0.15, 0.2) is 0 Å². The van der Waals surface area contributed by atoms with Gasteiger partial charge in [-0.3, -0.25) is 0 Å². The fraction of sp³-hybridized carbons (Fsp3) is 0.0833. The molecule has 0 aliphatic heterocycles. The van der Waals surface area contributed by atoms with Gasteiger partial charge in [-0.25, -0.2) is 4.98 Å². The highest BCUT2D eigenvalue weighted by Crippen LogP contribution is 2.31. The molecular weight excluding hydrogens is 306 g/mol. The lowest BCUT2D eigenvalue weighted by molar-refractivity contribution is 1.18. The van der Waals surface area contributed by atoms with E-state index < -0.39 is 0 Å². The van der Waals surface area contributed by atoms with E-state index in [2.05, 4.69) is 33.0 Å². The molecule has 1 aromatic carbocycles. The standard InChI is InChI=1S/C12H9BrClNS/c1-8-7-15-12(14)6-11(8)16-10-4-2-9(13)3-5-10/h2-7H,1H3. The van der Waals surface area contributed by atoms with Crippen molar-refractivity contribution in [2.24, 2.45) is 0 Å². The van der Waals surface area contributed by atoms with E-state index in [1.807, 2.05) is 25.1 Å². The number of benzene rings is 1. The zero-order valence-electron chi connectivity index (χ0n) is 8.58. The summed E-state index contributed by atoms with van der Waals surface area (Å²) in [5, 5.41) is 0.533. The van der Waals surface area contributed by atoms with Crippen molar-refractivity contribution in [3.63, 3.8) is 0 Å². The van der Waals surface area contributed by atoms with Crippen molar-refractivity contribution < 1.29 is 0 Å². The molecule has 0 spiro atoms. The molecule has 1 heterocycles. The molecule has 0 radical (unpaired) electrons. The van der Waals surface area contributed by atoms with Gasteiger partial charge in [-0.2, -0.15) is 0 Å². The van der Waals surface area contributed by atoms with Crippen LogP contribution in [0.25, 0.3) is 0 Å². The normalized spacial score (nSPS) is 10.4. The molecule has 0 saturated heterocycles. The van der Waals surface area contributed by atoms with Gasteiger partial charge in [0.25, 0.3) is 0 Å². The van der Waals surface area contributed by atoms with Crippen LogP contribution in [0.2, 0.25) is 5.15 Å². The smallest absolute Gasteiger partial charge is 0.130 e. The lowest BCUT2D eigenvalue weighted by atomic mass is 10.3. The first-order chi connectivity index (χ1) is 7.65. The van der Waals surface area contributed by atoms with Gasteiger partial charge in [0.05, 0.1) is 0 Å². The summed E-state index contributed by atoms with van der Waals surface area (Å²) in [6, 6.07) is 10.1. The Morgan fingerprint density at radius 1 is 1.25 bits per heavy atom. The molecule has 0 amide bonds. The third-order valence-corrected chi connectivity index (χ3v) is 3.96. The van der Waals surface area contributed by atoms with Gasteiger partial charge >= 0.3 is 0 Å². The Hall–Kier alpha value is -0.510. The molecule has 0 bridgehead atoms. The molecule has 0 N–H and O–H groups in total. The minimum atomic E-state index is 0.533. The van der Waals surface area contributed by atoms with Crippen molar-refractivity contribution in [3.8, 4) is 0 Å². The molecule has 0 saturated carbocycles. The zero-order valence-corrected chi connectivity index (χ0v) is 11.7. The second kappa shape index (κ2) is 5.21. The first-order valence-electron chi connectivity index (χ1n) is 4.71. The number of pyridine rings is 1. The predicted molar refractivity (Wildman–Crippen MR) is 72.2 cm³/mol. The summed E-state index contributed by atoms with van der Waals surface area (Å²) < 4.78 is 1.08. The van der Waals surface area contributed by atoms with E-state index in [-0.39, 0.29) is 0 Å². The summed E-state index contributed by atoms with van der Waals surface area (Å²) in [6.45, 7) is 2.03. The highest BCUT2D eigenvalue weighted by Gasteiger charge is 2.03. The third kappa shape index (κ3) is 3.00. The molecule has 0 aliphatic carbocycles. The number of hydrogen-bond donors (Lipinski definition) is 0. The van der Waals surface area contributed by atoms with Gasteiger partial charge in [-0.1, -0.05) is 39.3 Å². The molecule has 0 fully saturated rings. The Balaban J connectivity index is 2.26.